The summed E-state index contributed by atoms with van der Waals surface area (Å²) >= 11 is 0. The van der Waals surface area contributed by atoms with Gasteiger partial charge in [-0.2, -0.15) is 0 Å². The summed E-state index contributed by atoms with van der Waals surface area (Å²) in [4.78, 5) is 2.02. The maximum absolute atomic E-state index is 3.43. The maximum atomic E-state index is 3.43. The molecule has 1 fully saturated rings. The molecule has 0 aromatic rings. The third-order valence-electron chi connectivity index (χ3n) is 2.25. The van der Waals surface area contributed by atoms with Gasteiger partial charge in [-0.3, -0.25) is 0 Å². The molecule has 0 N–H and O–H groups in total. The third kappa shape index (κ3) is 1.60. The van der Waals surface area contributed by atoms with Crippen molar-refractivity contribution in [2.75, 3.05) is 7.05 Å². The summed E-state index contributed by atoms with van der Waals surface area (Å²) in [5.74, 6) is 0. The summed E-state index contributed by atoms with van der Waals surface area (Å²) in [5.41, 5.74) is 0.258. The van der Waals surface area contributed by atoms with Crippen LogP contribution in [0.2, 0.25) is 0 Å². The van der Waals surface area contributed by atoms with Crippen LogP contribution in [-0.4, -0.2) is 11.9 Å². The zero-order valence-corrected chi connectivity index (χ0v) is 7.33. The fourth-order valence-corrected chi connectivity index (χ4v) is 1.39. The van der Waals surface area contributed by atoms with E-state index in [1.807, 2.05) is 30.3 Å². The van der Waals surface area contributed by atoms with Crippen molar-refractivity contribution < 1.29 is 0 Å². The highest BCUT2D eigenvalue weighted by Crippen LogP contribution is 2.50. The molecule has 1 heteroatoms. The van der Waals surface area contributed by atoms with Gasteiger partial charge in [0, 0.05) is 12.5 Å². The van der Waals surface area contributed by atoms with Crippen LogP contribution < -0.4 is 0 Å². The molecule has 1 heterocycles. The van der Waals surface area contributed by atoms with Crippen molar-refractivity contribution in [3.05, 3.63) is 43.1 Å². The Morgan fingerprint density at radius 1 is 1.17 bits per heavy atom. The minimum Gasteiger partial charge on any atom is -0.369 e. The van der Waals surface area contributed by atoms with Crippen molar-refractivity contribution in [2.24, 2.45) is 5.41 Å². The zero-order chi connectivity index (χ0) is 8.44. The van der Waals surface area contributed by atoms with Gasteiger partial charge in [0.1, 0.15) is 6.54 Å². The molecule has 2 radical (unpaired) electrons. The first-order valence-electron chi connectivity index (χ1n) is 4.34. The average molecular weight is 159 g/mol. The molecule has 0 bridgehead atoms. The second-order valence-electron chi connectivity index (χ2n) is 3.46. The van der Waals surface area contributed by atoms with Crippen molar-refractivity contribution >= 4 is 0 Å². The molecule has 0 atom stereocenters. The smallest absolute Gasteiger partial charge is 0.101 e. The lowest BCUT2D eigenvalue weighted by Gasteiger charge is -2.16. The number of hydrogen-bond acceptors (Lipinski definition) is 1. The fourth-order valence-electron chi connectivity index (χ4n) is 1.39. The normalized spacial score (nSPS) is 33.2. The van der Waals surface area contributed by atoms with Crippen molar-refractivity contribution in [3.63, 3.8) is 0 Å². The molecule has 0 amide bonds. The number of allylic oxidation sites excluding steroid dienone is 4. The SMILES string of the molecule is CN1[C]C2(\C=C/C=C\C=C/1)CC2. The van der Waals surface area contributed by atoms with Crippen LogP contribution in [0.4, 0.5) is 0 Å². The monoisotopic (exact) mass is 159 g/mol. The average Bonchev–Trinajstić information content (AvgIpc) is 2.73. The minimum absolute atomic E-state index is 0.258. The fraction of sp³-hybridized carbons (Fsp3) is 0.364. The Morgan fingerprint density at radius 2 is 1.92 bits per heavy atom. The van der Waals surface area contributed by atoms with Gasteiger partial charge >= 0.3 is 0 Å². The van der Waals surface area contributed by atoms with Crippen molar-refractivity contribution in [2.45, 2.75) is 12.8 Å². The summed E-state index contributed by atoms with van der Waals surface area (Å²) in [6.07, 6.45) is 15.0. The highest BCUT2D eigenvalue weighted by atomic mass is 15.1. The van der Waals surface area contributed by atoms with E-state index < -0.39 is 0 Å². The standard InChI is InChI=1S/C11H13N/c1-12-9-5-3-2-4-6-11(10-12)7-8-11/h2-6,9H,7-8H2,1H3/b3-2-,6-4-,9-5-. The van der Waals surface area contributed by atoms with Crippen molar-refractivity contribution in [1.29, 1.82) is 0 Å². The Labute approximate surface area is 74.1 Å². The van der Waals surface area contributed by atoms with Crippen LogP contribution in [0, 0.1) is 12.0 Å². The molecular formula is C11H13N. The van der Waals surface area contributed by atoms with Crippen LogP contribution in [-0.2, 0) is 0 Å². The molecule has 1 spiro atoms. The molecule has 0 aromatic carbocycles. The Bertz CT molecular complexity index is 244. The van der Waals surface area contributed by atoms with E-state index in [1.165, 1.54) is 12.8 Å². The molecule has 1 nitrogen and oxygen atoms in total. The summed E-state index contributed by atoms with van der Waals surface area (Å²) in [7, 11) is 2.03. The predicted octanol–water partition coefficient (Wildman–Crippen LogP) is 2.38. The van der Waals surface area contributed by atoms with Crippen molar-refractivity contribution in [3.8, 4) is 0 Å². The quantitative estimate of drug-likeness (QED) is 0.524. The Kier molecular flexibility index (Phi) is 1.80. The second kappa shape index (κ2) is 2.81. The van der Waals surface area contributed by atoms with Gasteiger partial charge in [0.25, 0.3) is 0 Å². The molecule has 1 aliphatic heterocycles. The van der Waals surface area contributed by atoms with E-state index in [-0.39, 0.29) is 5.41 Å². The van der Waals surface area contributed by atoms with Crippen LogP contribution in [0.3, 0.4) is 0 Å². The summed E-state index contributed by atoms with van der Waals surface area (Å²) < 4.78 is 0. The van der Waals surface area contributed by atoms with Gasteiger partial charge < -0.3 is 4.90 Å². The van der Waals surface area contributed by atoms with E-state index in [2.05, 4.69) is 24.8 Å². The summed E-state index contributed by atoms with van der Waals surface area (Å²) in [6, 6.07) is 0. The molecule has 1 saturated carbocycles. The van der Waals surface area contributed by atoms with E-state index >= 15 is 0 Å². The van der Waals surface area contributed by atoms with E-state index in [1.54, 1.807) is 0 Å². The van der Waals surface area contributed by atoms with Crippen LogP contribution in [0.15, 0.2) is 36.6 Å². The lowest BCUT2D eigenvalue weighted by Crippen LogP contribution is -2.13. The number of nitrogens with zero attached hydrogens (tertiary/aromatic N) is 1. The zero-order valence-electron chi connectivity index (χ0n) is 7.33. The van der Waals surface area contributed by atoms with Crippen LogP contribution in [0.1, 0.15) is 12.8 Å². The summed E-state index contributed by atoms with van der Waals surface area (Å²) in [5, 5.41) is 0. The van der Waals surface area contributed by atoms with Crippen LogP contribution >= 0.6 is 0 Å². The van der Waals surface area contributed by atoms with Gasteiger partial charge in [0.2, 0.25) is 0 Å². The number of rotatable bonds is 0. The Balaban J connectivity index is 2.15. The highest BCUT2D eigenvalue weighted by molar-refractivity contribution is 5.23. The molecule has 1 aliphatic carbocycles. The Morgan fingerprint density at radius 3 is 2.67 bits per heavy atom. The first-order valence-corrected chi connectivity index (χ1v) is 4.34. The van der Waals surface area contributed by atoms with Gasteiger partial charge in [-0.1, -0.05) is 24.3 Å². The topological polar surface area (TPSA) is 3.24 Å². The van der Waals surface area contributed by atoms with Gasteiger partial charge in [0.15, 0.2) is 0 Å². The molecule has 0 aromatic heterocycles. The molecule has 0 unspecified atom stereocenters. The first-order chi connectivity index (χ1) is 5.81. The van der Waals surface area contributed by atoms with Crippen LogP contribution in [0.25, 0.3) is 0 Å². The molecule has 2 rings (SSSR count). The van der Waals surface area contributed by atoms with Gasteiger partial charge in [-0.15, -0.1) is 0 Å². The second-order valence-corrected chi connectivity index (χ2v) is 3.46. The molecule has 0 saturated heterocycles. The maximum Gasteiger partial charge on any atom is 0.101 e. The van der Waals surface area contributed by atoms with E-state index in [0.717, 1.165) is 0 Å². The highest BCUT2D eigenvalue weighted by Gasteiger charge is 2.41. The third-order valence-corrected chi connectivity index (χ3v) is 2.25. The minimum atomic E-state index is 0.258. The molecule has 2 aliphatic rings. The van der Waals surface area contributed by atoms with Gasteiger partial charge in [-0.25, -0.2) is 0 Å². The molecule has 12 heavy (non-hydrogen) atoms. The largest absolute Gasteiger partial charge is 0.369 e. The molecule has 62 valence electrons. The van der Waals surface area contributed by atoms with Crippen molar-refractivity contribution in [1.82, 2.24) is 4.90 Å². The van der Waals surface area contributed by atoms with E-state index in [9.17, 15) is 0 Å². The number of hydrogen-bond donors (Lipinski definition) is 0. The lowest BCUT2D eigenvalue weighted by molar-refractivity contribution is 0.472. The Hall–Kier alpha value is -0.980. The summed E-state index contributed by atoms with van der Waals surface area (Å²) in [6.45, 7) is 3.43. The van der Waals surface area contributed by atoms with E-state index in [4.69, 9.17) is 0 Å². The van der Waals surface area contributed by atoms with Crippen LogP contribution in [0.5, 0.6) is 0 Å². The first kappa shape index (κ1) is 7.66. The van der Waals surface area contributed by atoms with E-state index in [0.29, 0.717) is 0 Å². The predicted molar refractivity (Wildman–Crippen MR) is 50.1 cm³/mol. The van der Waals surface area contributed by atoms with Gasteiger partial charge in [-0.05, 0) is 25.1 Å². The van der Waals surface area contributed by atoms with Gasteiger partial charge in [0.05, 0.1) is 0 Å². The molecular weight excluding hydrogens is 146 g/mol. The lowest BCUT2D eigenvalue weighted by atomic mass is 10.1.